The molecule has 2 aromatic carbocycles. The van der Waals surface area contributed by atoms with E-state index in [0.29, 0.717) is 22.5 Å². The van der Waals surface area contributed by atoms with Gasteiger partial charge in [0.1, 0.15) is 0 Å². The number of aryl methyl sites for hydroxylation is 1. The van der Waals surface area contributed by atoms with Crippen molar-refractivity contribution in [2.45, 2.75) is 77.2 Å². The smallest absolute Gasteiger partial charge is 0.341 e. The molecule has 3 heterocycles. The number of fused-ring (bicyclic) bond motifs is 4. The van der Waals surface area contributed by atoms with Gasteiger partial charge in [0.05, 0.1) is 11.3 Å². The monoisotopic (exact) mass is 559 g/mol. The number of rotatable bonds is 8. The summed E-state index contributed by atoms with van der Waals surface area (Å²) >= 11 is 6.78. The molecule has 0 amide bonds. The van der Waals surface area contributed by atoms with Gasteiger partial charge in [-0.3, -0.25) is 4.90 Å². The van der Waals surface area contributed by atoms with Crippen LogP contribution in [-0.4, -0.2) is 42.0 Å². The molecule has 5 nitrogen and oxygen atoms in total. The molecule has 1 spiro atoms. The fraction of sp³-hybridized carbons (Fsp3) is 0.500. The maximum atomic E-state index is 13.3. The third-order valence-corrected chi connectivity index (χ3v) is 9.83. The fourth-order valence-electron chi connectivity index (χ4n) is 7.60. The molecular weight excluding hydrogens is 518 g/mol. The van der Waals surface area contributed by atoms with Crippen molar-refractivity contribution >= 4 is 28.5 Å². The summed E-state index contributed by atoms with van der Waals surface area (Å²) in [5.41, 5.74) is 6.51. The number of nitrogens with zero attached hydrogens (tertiary/aromatic N) is 1. The first kappa shape index (κ1) is 27.4. The Balaban J connectivity index is 1.21. The molecule has 40 heavy (non-hydrogen) atoms. The van der Waals surface area contributed by atoms with Crippen LogP contribution in [0.5, 0.6) is 0 Å². The van der Waals surface area contributed by atoms with Gasteiger partial charge >= 0.3 is 5.97 Å². The lowest BCUT2D eigenvalue weighted by atomic mass is 9.71. The van der Waals surface area contributed by atoms with Crippen molar-refractivity contribution in [3.8, 4) is 11.1 Å². The summed E-state index contributed by atoms with van der Waals surface area (Å²) in [6.45, 7) is 12.2. The van der Waals surface area contributed by atoms with Crippen LogP contribution in [0.15, 0.2) is 48.7 Å². The maximum absolute atomic E-state index is 13.3. The van der Waals surface area contributed by atoms with Crippen LogP contribution in [0.2, 0.25) is 5.02 Å². The van der Waals surface area contributed by atoms with E-state index in [9.17, 15) is 4.79 Å². The number of aromatic amines is 1. The second-order valence-corrected chi connectivity index (χ2v) is 13.0. The molecule has 6 heteroatoms. The van der Waals surface area contributed by atoms with Gasteiger partial charge < -0.3 is 15.0 Å². The van der Waals surface area contributed by atoms with Crippen LogP contribution in [0.1, 0.15) is 86.3 Å². The van der Waals surface area contributed by atoms with Crippen molar-refractivity contribution in [2.24, 2.45) is 5.41 Å². The first-order chi connectivity index (χ1) is 19.3. The first-order valence-corrected chi connectivity index (χ1v) is 15.5. The average molecular weight is 560 g/mol. The SMILES string of the molecule is C=C(CN1CCCC2(C1)OC(=O)c1c2[nH]c2cc(-c3cccc(C)c3)c(Cl)cc12)NCC1(CCC)CCCCC1. The number of likely N-dealkylation sites (tertiary alicyclic amines) is 1. The highest BCUT2D eigenvalue weighted by Crippen LogP contribution is 2.47. The second-order valence-electron chi connectivity index (χ2n) is 12.6. The van der Waals surface area contributed by atoms with Crippen LogP contribution in [0.25, 0.3) is 22.0 Å². The standard InChI is InChI=1S/C34H42ClN3O2/c1-4-12-33(13-6-5-7-14-33)21-36-24(3)20-38-16-9-15-34(22-38)31-30(32(39)40-34)27-18-28(35)26(19-29(27)37-31)25-11-8-10-23(2)17-25/h8,10-11,17-19,36-37H,3-7,9,12-16,20-22H2,1-2H3. The Morgan fingerprint density at radius 1 is 1.15 bits per heavy atom. The van der Waals surface area contributed by atoms with E-state index >= 15 is 0 Å². The van der Waals surface area contributed by atoms with Crippen molar-refractivity contribution in [2.75, 3.05) is 26.2 Å². The van der Waals surface area contributed by atoms with E-state index in [4.69, 9.17) is 16.3 Å². The molecular formula is C34H42ClN3O2. The lowest BCUT2D eigenvalue weighted by Gasteiger charge is -2.40. The van der Waals surface area contributed by atoms with Gasteiger partial charge in [0.25, 0.3) is 0 Å². The van der Waals surface area contributed by atoms with Gasteiger partial charge in [0.2, 0.25) is 0 Å². The lowest BCUT2D eigenvalue weighted by Crippen LogP contribution is -2.48. The Labute approximate surface area is 243 Å². The van der Waals surface area contributed by atoms with Gasteiger partial charge in [-0.25, -0.2) is 4.79 Å². The van der Waals surface area contributed by atoms with Crippen molar-refractivity contribution in [3.05, 3.63) is 70.5 Å². The number of aromatic nitrogens is 1. The van der Waals surface area contributed by atoms with Gasteiger partial charge in [-0.2, -0.15) is 0 Å². The molecule has 0 radical (unpaired) electrons. The highest BCUT2D eigenvalue weighted by molar-refractivity contribution is 6.34. The van der Waals surface area contributed by atoms with E-state index in [2.05, 4.69) is 59.9 Å². The molecule has 2 fully saturated rings. The molecule has 2 N–H and O–H groups in total. The number of carbonyl (C=O) groups is 1. The Kier molecular flexibility index (Phi) is 7.47. The largest absolute Gasteiger partial charge is 0.448 e. The molecule has 1 unspecified atom stereocenters. The minimum atomic E-state index is -0.660. The van der Waals surface area contributed by atoms with E-state index in [1.54, 1.807) is 0 Å². The average Bonchev–Trinajstić information content (AvgIpc) is 3.43. The van der Waals surface area contributed by atoms with Crippen LogP contribution >= 0.6 is 11.6 Å². The summed E-state index contributed by atoms with van der Waals surface area (Å²) < 4.78 is 6.19. The summed E-state index contributed by atoms with van der Waals surface area (Å²) in [5, 5.41) is 5.20. The Morgan fingerprint density at radius 3 is 2.75 bits per heavy atom. The van der Waals surface area contributed by atoms with Crippen LogP contribution in [0.4, 0.5) is 0 Å². The molecule has 3 aliphatic rings. The number of hydrogen-bond donors (Lipinski definition) is 2. The number of ether oxygens (including phenoxy) is 1. The zero-order valence-corrected chi connectivity index (χ0v) is 24.8. The minimum Gasteiger partial charge on any atom is -0.448 e. The topological polar surface area (TPSA) is 57.4 Å². The van der Waals surface area contributed by atoms with Crippen LogP contribution < -0.4 is 5.32 Å². The first-order valence-electron chi connectivity index (χ1n) is 15.1. The Bertz CT molecular complexity index is 1430. The van der Waals surface area contributed by atoms with Gasteiger partial charge in [0.15, 0.2) is 5.60 Å². The van der Waals surface area contributed by atoms with E-state index in [0.717, 1.165) is 65.9 Å². The summed E-state index contributed by atoms with van der Waals surface area (Å²) in [5.74, 6) is -0.252. The van der Waals surface area contributed by atoms with Crippen LogP contribution in [0, 0.1) is 12.3 Å². The highest BCUT2D eigenvalue weighted by atomic mass is 35.5. The van der Waals surface area contributed by atoms with Crippen molar-refractivity contribution in [1.82, 2.24) is 15.2 Å². The Morgan fingerprint density at radius 2 is 1.98 bits per heavy atom. The molecule has 1 atom stereocenters. The van der Waals surface area contributed by atoms with E-state index in [-0.39, 0.29) is 5.97 Å². The summed E-state index contributed by atoms with van der Waals surface area (Å²) in [4.78, 5) is 19.3. The fourth-order valence-corrected chi connectivity index (χ4v) is 7.87. The van der Waals surface area contributed by atoms with E-state index in [1.807, 2.05) is 12.1 Å². The molecule has 1 saturated heterocycles. The molecule has 6 rings (SSSR count). The molecule has 0 bridgehead atoms. The number of halogens is 1. The van der Waals surface area contributed by atoms with E-state index < -0.39 is 5.60 Å². The van der Waals surface area contributed by atoms with Crippen molar-refractivity contribution in [1.29, 1.82) is 0 Å². The highest BCUT2D eigenvalue weighted by Gasteiger charge is 2.50. The van der Waals surface area contributed by atoms with Crippen molar-refractivity contribution < 1.29 is 9.53 Å². The summed E-state index contributed by atoms with van der Waals surface area (Å²) in [6, 6.07) is 12.3. The van der Waals surface area contributed by atoms with Gasteiger partial charge in [0, 0.05) is 46.8 Å². The Hall–Kier alpha value is -2.76. The summed E-state index contributed by atoms with van der Waals surface area (Å²) in [7, 11) is 0. The number of H-pyrrole nitrogens is 1. The number of benzene rings is 2. The summed E-state index contributed by atoms with van der Waals surface area (Å²) in [6.07, 6.45) is 11.0. The number of hydrogen-bond acceptors (Lipinski definition) is 4. The molecule has 1 aliphatic carbocycles. The third kappa shape index (κ3) is 5.07. The molecule has 1 aromatic heterocycles. The zero-order valence-electron chi connectivity index (χ0n) is 24.0. The van der Waals surface area contributed by atoms with Crippen LogP contribution in [0.3, 0.4) is 0 Å². The van der Waals surface area contributed by atoms with Gasteiger partial charge in [-0.15, -0.1) is 0 Å². The number of carbonyl (C=O) groups excluding carboxylic acids is 1. The predicted octanol–water partition coefficient (Wildman–Crippen LogP) is 8.11. The number of nitrogens with one attached hydrogen (secondary N) is 2. The maximum Gasteiger partial charge on any atom is 0.341 e. The van der Waals surface area contributed by atoms with Gasteiger partial charge in [-0.05, 0) is 68.7 Å². The number of esters is 1. The normalized spacial score (nSPS) is 22.4. The zero-order chi connectivity index (χ0) is 27.9. The number of piperidine rings is 1. The lowest BCUT2D eigenvalue weighted by molar-refractivity contribution is -0.0498. The second kappa shape index (κ2) is 10.9. The molecule has 2 aliphatic heterocycles. The van der Waals surface area contributed by atoms with E-state index in [1.165, 1.54) is 50.5 Å². The quantitative estimate of drug-likeness (QED) is 0.274. The minimum absolute atomic E-state index is 0.252. The predicted molar refractivity (Wildman–Crippen MR) is 164 cm³/mol. The van der Waals surface area contributed by atoms with Gasteiger partial charge in [-0.1, -0.05) is 80.6 Å². The third-order valence-electron chi connectivity index (χ3n) is 9.52. The van der Waals surface area contributed by atoms with Crippen molar-refractivity contribution in [3.63, 3.8) is 0 Å². The molecule has 212 valence electrons. The molecule has 3 aromatic rings. The molecule has 1 saturated carbocycles. The van der Waals surface area contributed by atoms with Crippen LogP contribution in [-0.2, 0) is 10.3 Å².